The second-order valence-corrected chi connectivity index (χ2v) is 13.3. The third-order valence-corrected chi connectivity index (χ3v) is 10.7. The standard InChI is InChI=1S/C32H33N5O4S2/c1-4-9-29-27(19-33-37(29)32-34-28(21-42-32)24-12-7-13-25(18-24)41-3)31(38)35-16-17-36(22(2)20-35)43(39,40)30-15-8-11-23-10-5-6-14-26(23)30/h5-8,10-15,18-19,21-22H,4,9,16-17,20H2,1-3H3. The van der Waals surface area contributed by atoms with Crippen LogP contribution in [0.1, 0.15) is 36.3 Å². The Morgan fingerprint density at radius 2 is 1.86 bits per heavy atom. The van der Waals surface area contributed by atoms with Crippen LogP contribution < -0.4 is 4.74 Å². The molecular weight excluding hydrogens is 583 g/mol. The quantitative estimate of drug-likeness (QED) is 0.224. The molecule has 1 aliphatic heterocycles. The number of aromatic nitrogens is 3. The second-order valence-electron chi connectivity index (χ2n) is 10.6. The summed E-state index contributed by atoms with van der Waals surface area (Å²) in [5, 5.41) is 8.82. The van der Waals surface area contributed by atoms with Crippen LogP contribution in [0.4, 0.5) is 0 Å². The van der Waals surface area contributed by atoms with E-state index in [1.807, 2.05) is 66.9 Å². The molecule has 11 heteroatoms. The van der Waals surface area contributed by atoms with Crippen LogP contribution in [0.5, 0.6) is 5.75 Å². The van der Waals surface area contributed by atoms with Crippen molar-refractivity contribution >= 4 is 38.0 Å². The monoisotopic (exact) mass is 615 g/mol. The van der Waals surface area contributed by atoms with Gasteiger partial charge in [-0.25, -0.2) is 18.1 Å². The molecule has 1 atom stereocenters. The highest BCUT2D eigenvalue weighted by atomic mass is 32.2. The molecule has 3 aromatic carbocycles. The number of sulfonamides is 1. The highest BCUT2D eigenvalue weighted by molar-refractivity contribution is 7.89. The zero-order chi connectivity index (χ0) is 30.1. The fourth-order valence-electron chi connectivity index (χ4n) is 5.67. The molecule has 2 aromatic heterocycles. The molecule has 1 unspecified atom stereocenters. The van der Waals surface area contributed by atoms with Crippen molar-refractivity contribution in [1.29, 1.82) is 0 Å². The van der Waals surface area contributed by atoms with Gasteiger partial charge in [-0.3, -0.25) is 4.79 Å². The lowest BCUT2D eigenvalue weighted by molar-refractivity contribution is 0.0641. The number of fused-ring (bicyclic) bond motifs is 1. The topological polar surface area (TPSA) is 97.6 Å². The summed E-state index contributed by atoms with van der Waals surface area (Å²) in [5.41, 5.74) is 3.07. The summed E-state index contributed by atoms with van der Waals surface area (Å²) in [6.07, 6.45) is 3.09. The number of benzene rings is 3. The van der Waals surface area contributed by atoms with Gasteiger partial charge in [-0.1, -0.05) is 61.9 Å². The van der Waals surface area contributed by atoms with Gasteiger partial charge < -0.3 is 9.64 Å². The van der Waals surface area contributed by atoms with E-state index in [0.717, 1.165) is 34.5 Å². The molecule has 0 aliphatic carbocycles. The van der Waals surface area contributed by atoms with Crippen molar-refractivity contribution in [3.8, 4) is 22.1 Å². The minimum absolute atomic E-state index is 0.145. The van der Waals surface area contributed by atoms with E-state index in [9.17, 15) is 13.2 Å². The minimum atomic E-state index is -3.76. The van der Waals surface area contributed by atoms with E-state index in [2.05, 4.69) is 12.0 Å². The first kappa shape index (κ1) is 29.0. The van der Waals surface area contributed by atoms with Crippen molar-refractivity contribution in [2.45, 2.75) is 37.6 Å². The van der Waals surface area contributed by atoms with E-state index in [1.165, 1.54) is 15.6 Å². The van der Waals surface area contributed by atoms with Crippen molar-refractivity contribution in [2.24, 2.45) is 0 Å². The number of amides is 1. The number of methoxy groups -OCH3 is 1. The van der Waals surface area contributed by atoms with Crippen molar-refractivity contribution in [1.82, 2.24) is 24.0 Å². The first-order valence-electron chi connectivity index (χ1n) is 14.3. The molecule has 1 aliphatic rings. The summed E-state index contributed by atoms with van der Waals surface area (Å²) in [6.45, 7) is 4.71. The first-order chi connectivity index (χ1) is 20.8. The third kappa shape index (κ3) is 5.44. The van der Waals surface area contributed by atoms with E-state index in [0.29, 0.717) is 33.9 Å². The molecule has 222 valence electrons. The number of ether oxygens (including phenoxy) is 1. The van der Waals surface area contributed by atoms with E-state index < -0.39 is 16.1 Å². The van der Waals surface area contributed by atoms with Gasteiger partial charge in [0.1, 0.15) is 5.75 Å². The van der Waals surface area contributed by atoms with Gasteiger partial charge in [0, 0.05) is 42.0 Å². The summed E-state index contributed by atoms with van der Waals surface area (Å²) in [7, 11) is -2.13. The summed E-state index contributed by atoms with van der Waals surface area (Å²) in [5.74, 6) is 0.610. The van der Waals surface area contributed by atoms with Crippen LogP contribution >= 0.6 is 11.3 Å². The molecule has 0 spiro atoms. The van der Waals surface area contributed by atoms with Crippen LogP contribution in [0.15, 0.2) is 83.2 Å². The number of thiazole rings is 1. The summed E-state index contributed by atoms with van der Waals surface area (Å²) >= 11 is 1.46. The SMILES string of the molecule is CCCc1c(C(=O)N2CCN(S(=O)(=O)c3cccc4ccccc34)C(C)C2)cnn1-c1nc(-c2cccc(OC)c2)cs1. The predicted molar refractivity (Wildman–Crippen MR) is 168 cm³/mol. The average molecular weight is 616 g/mol. The Bertz CT molecular complexity index is 1890. The number of hydrogen-bond acceptors (Lipinski definition) is 7. The fourth-order valence-corrected chi connectivity index (χ4v) is 8.31. The van der Waals surface area contributed by atoms with Crippen LogP contribution in [-0.2, 0) is 16.4 Å². The van der Waals surface area contributed by atoms with Gasteiger partial charge in [-0.15, -0.1) is 11.3 Å². The van der Waals surface area contributed by atoms with Crippen molar-refractivity contribution in [3.63, 3.8) is 0 Å². The normalized spacial score (nSPS) is 16.1. The first-order valence-corrected chi connectivity index (χ1v) is 16.6. The summed E-state index contributed by atoms with van der Waals surface area (Å²) in [4.78, 5) is 20.7. The molecule has 9 nitrogen and oxygen atoms in total. The van der Waals surface area contributed by atoms with Gasteiger partial charge in [0.15, 0.2) is 0 Å². The molecule has 0 bridgehead atoms. The van der Waals surface area contributed by atoms with Crippen LogP contribution in [0.2, 0.25) is 0 Å². The Kier molecular flexibility index (Phi) is 8.04. The maximum Gasteiger partial charge on any atom is 0.257 e. The molecule has 5 aromatic rings. The number of rotatable bonds is 8. The Labute approximate surface area is 255 Å². The van der Waals surface area contributed by atoms with Crippen molar-refractivity contribution in [2.75, 3.05) is 26.7 Å². The number of hydrogen-bond donors (Lipinski definition) is 0. The van der Waals surface area contributed by atoms with Gasteiger partial charge in [0.05, 0.1) is 35.2 Å². The molecule has 1 saturated heterocycles. The van der Waals surface area contributed by atoms with E-state index >= 15 is 0 Å². The van der Waals surface area contributed by atoms with Gasteiger partial charge in [-0.2, -0.15) is 9.40 Å². The van der Waals surface area contributed by atoms with Gasteiger partial charge in [-0.05, 0) is 36.9 Å². The number of carbonyl (C=O) groups excluding carboxylic acids is 1. The number of piperazine rings is 1. The van der Waals surface area contributed by atoms with Crippen LogP contribution in [0.25, 0.3) is 27.2 Å². The van der Waals surface area contributed by atoms with Gasteiger partial charge in [0.2, 0.25) is 15.2 Å². The highest BCUT2D eigenvalue weighted by Gasteiger charge is 2.37. The minimum Gasteiger partial charge on any atom is -0.497 e. The molecule has 1 fully saturated rings. The molecule has 0 N–H and O–H groups in total. The van der Waals surface area contributed by atoms with Gasteiger partial charge in [0.25, 0.3) is 5.91 Å². The molecule has 1 amide bonds. The zero-order valence-electron chi connectivity index (χ0n) is 24.3. The highest BCUT2D eigenvalue weighted by Crippen LogP contribution is 2.30. The number of nitrogens with zero attached hydrogens (tertiary/aromatic N) is 5. The van der Waals surface area contributed by atoms with Crippen LogP contribution in [-0.4, -0.2) is 71.1 Å². The van der Waals surface area contributed by atoms with Crippen molar-refractivity contribution < 1.29 is 17.9 Å². The van der Waals surface area contributed by atoms with Crippen LogP contribution in [0.3, 0.4) is 0 Å². The summed E-state index contributed by atoms with van der Waals surface area (Å²) in [6, 6.07) is 20.2. The Morgan fingerprint density at radius 3 is 2.65 bits per heavy atom. The van der Waals surface area contributed by atoms with Gasteiger partial charge >= 0.3 is 0 Å². The Morgan fingerprint density at radius 1 is 1.07 bits per heavy atom. The molecule has 6 rings (SSSR count). The van der Waals surface area contributed by atoms with E-state index in [1.54, 1.807) is 35.0 Å². The Balaban J connectivity index is 1.23. The lowest BCUT2D eigenvalue weighted by Gasteiger charge is -2.39. The van der Waals surface area contributed by atoms with E-state index in [4.69, 9.17) is 9.72 Å². The lowest BCUT2D eigenvalue weighted by Crippen LogP contribution is -2.55. The Hall–Kier alpha value is -4.06. The fraction of sp³-hybridized carbons (Fsp3) is 0.281. The largest absolute Gasteiger partial charge is 0.497 e. The molecular formula is C32H33N5O4S2. The lowest BCUT2D eigenvalue weighted by atomic mass is 10.1. The van der Waals surface area contributed by atoms with E-state index in [-0.39, 0.29) is 19.0 Å². The third-order valence-electron chi connectivity index (χ3n) is 7.81. The maximum absolute atomic E-state index is 13.9. The number of carbonyl (C=O) groups is 1. The molecule has 0 saturated carbocycles. The predicted octanol–water partition coefficient (Wildman–Crippen LogP) is 5.65. The zero-order valence-corrected chi connectivity index (χ0v) is 25.9. The molecule has 0 radical (unpaired) electrons. The molecule has 3 heterocycles. The average Bonchev–Trinajstić information content (AvgIpc) is 3.68. The van der Waals surface area contributed by atoms with Crippen molar-refractivity contribution in [3.05, 3.63) is 89.6 Å². The maximum atomic E-state index is 13.9. The van der Waals surface area contributed by atoms with Crippen LogP contribution in [0, 0.1) is 0 Å². The molecule has 43 heavy (non-hydrogen) atoms. The summed E-state index contributed by atoms with van der Waals surface area (Å²) < 4.78 is 36.2. The smallest absolute Gasteiger partial charge is 0.257 e. The second kappa shape index (κ2) is 11.9.